The van der Waals surface area contributed by atoms with Crippen LogP contribution < -0.4 is 16.2 Å². The number of fused-ring (bicyclic) bond motifs is 1. The summed E-state index contributed by atoms with van der Waals surface area (Å²) < 4.78 is 25.8. The van der Waals surface area contributed by atoms with Gasteiger partial charge in [0.05, 0.1) is 29.1 Å². The quantitative estimate of drug-likeness (QED) is 0.227. The van der Waals surface area contributed by atoms with Gasteiger partial charge in [0.1, 0.15) is 11.1 Å². The van der Waals surface area contributed by atoms with E-state index < -0.39 is 15.7 Å². The molecule has 0 spiro atoms. The van der Waals surface area contributed by atoms with Crippen LogP contribution in [0.5, 0.6) is 0 Å². The number of amides is 1. The first kappa shape index (κ1) is 30.0. The van der Waals surface area contributed by atoms with Crippen LogP contribution in [0.1, 0.15) is 70.9 Å². The van der Waals surface area contributed by atoms with Crippen LogP contribution in [0.3, 0.4) is 0 Å². The van der Waals surface area contributed by atoms with E-state index in [2.05, 4.69) is 37.3 Å². The summed E-state index contributed by atoms with van der Waals surface area (Å²) in [6, 6.07) is 2.89. The van der Waals surface area contributed by atoms with E-state index in [1.54, 1.807) is 17.6 Å². The van der Waals surface area contributed by atoms with E-state index in [-0.39, 0.29) is 51.9 Å². The number of carbonyl (C=O) groups is 1. The second-order valence-electron chi connectivity index (χ2n) is 9.97. The molecule has 1 atom stereocenters. The number of nitrogens with one attached hydrogen (secondary N) is 2. The van der Waals surface area contributed by atoms with Crippen LogP contribution in [0.25, 0.3) is 16.7 Å². The van der Waals surface area contributed by atoms with Crippen molar-refractivity contribution >= 4 is 45.0 Å². The van der Waals surface area contributed by atoms with E-state index in [0.29, 0.717) is 29.8 Å². The Balaban J connectivity index is 1.78. The average Bonchev–Trinajstić information content (AvgIpc) is 3.81. The molecule has 1 amide bonds. The number of nitrogens with zero attached hydrogens (tertiary/aromatic N) is 6. The molecule has 41 heavy (non-hydrogen) atoms. The molecule has 1 fully saturated rings. The highest BCUT2D eigenvalue weighted by molar-refractivity contribution is 7.91. The Hall–Kier alpha value is -4.00. The Labute approximate surface area is 239 Å². The minimum atomic E-state index is -3.36. The number of pyridine rings is 1. The molecule has 3 heterocycles. The van der Waals surface area contributed by atoms with E-state index in [0.717, 1.165) is 25.0 Å². The number of aliphatic imine (C=N–C) groups is 1. The van der Waals surface area contributed by atoms with E-state index in [9.17, 15) is 18.0 Å². The lowest BCUT2D eigenvalue weighted by Gasteiger charge is -2.19. The van der Waals surface area contributed by atoms with E-state index >= 15 is 0 Å². The van der Waals surface area contributed by atoms with Crippen molar-refractivity contribution in [3.63, 3.8) is 0 Å². The van der Waals surface area contributed by atoms with Crippen molar-refractivity contribution in [1.82, 2.24) is 29.8 Å². The molecule has 3 aromatic rings. The zero-order chi connectivity index (χ0) is 29.7. The molecule has 13 heteroatoms. The van der Waals surface area contributed by atoms with E-state index in [1.807, 2.05) is 20.8 Å². The van der Waals surface area contributed by atoms with Crippen LogP contribution >= 0.6 is 0 Å². The minimum Gasteiger partial charge on any atom is -0.388 e. The first-order chi connectivity index (χ1) is 19.6. The van der Waals surface area contributed by atoms with Gasteiger partial charge < -0.3 is 10.6 Å². The van der Waals surface area contributed by atoms with Crippen LogP contribution in [0.15, 0.2) is 44.9 Å². The molecule has 1 aliphatic rings. The molecule has 2 N–H and O–H groups in total. The summed E-state index contributed by atoms with van der Waals surface area (Å²) in [5, 5.41) is 6.33. The minimum absolute atomic E-state index is 0.0148. The Morgan fingerprint density at radius 1 is 1.17 bits per heavy atom. The van der Waals surface area contributed by atoms with Gasteiger partial charge in [0.15, 0.2) is 27.1 Å². The first-order valence-electron chi connectivity index (χ1n) is 13.8. The fourth-order valence-electron chi connectivity index (χ4n) is 4.64. The maximum Gasteiger partial charge on any atom is 0.295 e. The van der Waals surface area contributed by atoms with Gasteiger partial charge in [0, 0.05) is 24.5 Å². The molecule has 0 bridgehead atoms. The summed E-state index contributed by atoms with van der Waals surface area (Å²) in [7, 11) is -3.36. The molecule has 0 radical (unpaired) electrons. The topological polar surface area (TPSA) is 161 Å². The van der Waals surface area contributed by atoms with Crippen LogP contribution in [0.4, 0.5) is 5.82 Å². The summed E-state index contributed by atoms with van der Waals surface area (Å²) in [4.78, 5) is 48.4. The lowest BCUT2D eigenvalue weighted by molar-refractivity contribution is -0.112. The standard InChI is InChI=1S/C28H36N8O4S/c1-6-9-17(4)36-26-21(16-33-24(35-26)22(27(37)29-5)23(30-7-2)18-10-11-18)34-25(28(36)38)32-14-19-12-13-20(15-31-19)41(39,40)8-3/h12-13,15-18,30H,5-11,14H2,1-4H3,(H,32,34)/t17-/m1/s1. The first-order valence-corrected chi connectivity index (χ1v) is 15.5. The van der Waals surface area contributed by atoms with Crippen molar-refractivity contribution in [3.8, 4) is 0 Å². The van der Waals surface area contributed by atoms with Crippen molar-refractivity contribution in [3.05, 3.63) is 52.1 Å². The van der Waals surface area contributed by atoms with Crippen LogP contribution in [-0.2, 0) is 21.2 Å². The van der Waals surface area contributed by atoms with Crippen LogP contribution in [0, 0.1) is 5.92 Å². The molecule has 0 aromatic carbocycles. The summed E-state index contributed by atoms with van der Waals surface area (Å²) in [5.41, 5.74) is 1.88. The molecule has 0 unspecified atom stereocenters. The molecule has 3 aromatic heterocycles. The molecule has 0 aliphatic heterocycles. The van der Waals surface area contributed by atoms with Crippen molar-refractivity contribution in [2.75, 3.05) is 17.6 Å². The lowest BCUT2D eigenvalue weighted by Crippen LogP contribution is -2.29. The van der Waals surface area contributed by atoms with E-state index in [4.69, 9.17) is 4.98 Å². The number of hydrogen-bond donors (Lipinski definition) is 2. The predicted molar refractivity (Wildman–Crippen MR) is 158 cm³/mol. The molecule has 0 saturated heterocycles. The van der Waals surface area contributed by atoms with Crippen LogP contribution in [0.2, 0.25) is 0 Å². The van der Waals surface area contributed by atoms with Gasteiger partial charge in [-0.3, -0.25) is 19.1 Å². The Kier molecular flexibility index (Phi) is 9.26. The van der Waals surface area contributed by atoms with Crippen molar-refractivity contribution in [1.29, 1.82) is 0 Å². The number of allylic oxidation sites excluding steroid dienone is 1. The molecule has 1 saturated carbocycles. The maximum absolute atomic E-state index is 13.7. The van der Waals surface area contributed by atoms with Gasteiger partial charge in [0.25, 0.3) is 11.5 Å². The SMILES string of the molecule is C=NC(=O)C(=C(NCC)C1CC1)c1ncc2nc(NCc3ccc(S(=O)(=O)CC)cn3)c(=O)n([C@H](C)CCC)c2n1. The van der Waals surface area contributed by atoms with Gasteiger partial charge >= 0.3 is 0 Å². The second-order valence-corrected chi connectivity index (χ2v) is 12.3. The van der Waals surface area contributed by atoms with Gasteiger partial charge in [-0.25, -0.2) is 28.4 Å². The van der Waals surface area contributed by atoms with Crippen LogP contribution in [-0.4, -0.2) is 57.8 Å². The molecule has 4 rings (SSSR count). The lowest BCUT2D eigenvalue weighted by atomic mass is 10.1. The number of sulfone groups is 1. The Bertz CT molecular complexity index is 1640. The normalized spacial score (nSPS) is 14.8. The molecule has 218 valence electrons. The van der Waals surface area contributed by atoms with Crippen molar-refractivity contribution < 1.29 is 13.2 Å². The molecule has 1 aliphatic carbocycles. The third-order valence-corrected chi connectivity index (χ3v) is 8.68. The van der Waals surface area contributed by atoms with Gasteiger partial charge in [-0.1, -0.05) is 20.3 Å². The summed E-state index contributed by atoms with van der Waals surface area (Å²) >= 11 is 0. The number of carbonyl (C=O) groups excluding carboxylic acids is 1. The predicted octanol–water partition coefficient (Wildman–Crippen LogP) is 3.31. The molecular weight excluding hydrogens is 544 g/mol. The smallest absolute Gasteiger partial charge is 0.295 e. The highest BCUT2D eigenvalue weighted by Crippen LogP contribution is 2.38. The number of anilines is 1. The zero-order valence-corrected chi connectivity index (χ0v) is 24.7. The highest BCUT2D eigenvalue weighted by atomic mass is 32.2. The van der Waals surface area contributed by atoms with Gasteiger partial charge in [-0.05, 0) is 57.9 Å². The van der Waals surface area contributed by atoms with Crippen molar-refractivity contribution in [2.45, 2.75) is 70.9 Å². The number of aromatic nitrogens is 5. The monoisotopic (exact) mass is 580 g/mol. The van der Waals surface area contributed by atoms with Gasteiger partial charge in [-0.2, -0.15) is 0 Å². The Morgan fingerprint density at radius 3 is 2.51 bits per heavy atom. The number of rotatable bonds is 13. The third-order valence-electron chi connectivity index (χ3n) is 6.96. The molecule has 12 nitrogen and oxygen atoms in total. The summed E-state index contributed by atoms with van der Waals surface area (Å²) in [6.07, 6.45) is 6.27. The van der Waals surface area contributed by atoms with E-state index in [1.165, 1.54) is 18.5 Å². The number of hydrogen-bond acceptors (Lipinski definition) is 10. The van der Waals surface area contributed by atoms with Gasteiger partial charge in [0.2, 0.25) is 0 Å². The van der Waals surface area contributed by atoms with Crippen molar-refractivity contribution in [2.24, 2.45) is 10.9 Å². The third kappa shape index (κ3) is 6.50. The maximum atomic E-state index is 13.7. The van der Waals surface area contributed by atoms with Gasteiger partial charge in [-0.15, -0.1) is 0 Å². The summed E-state index contributed by atoms with van der Waals surface area (Å²) in [6.45, 7) is 11.7. The fraction of sp³-hybridized carbons (Fsp3) is 0.464. The average molecular weight is 581 g/mol. The largest absolute Gasteiger partial charge is 0.388 e. The fourth-order valence-corrected chi connectivity index (χ4v) is 5.46. The summed E-state index contributed by atoms with van der Waals surface area (Å²) in [5.74, 6) is -0.0814. The zero-order valence-electron chi connectivity index (χ0n) is 23.8. The highest BCUT2D eigenvalue weighted by Gasteiger charge is 2.32. The second kappa shape index (κ2) is 12.7. The Morgan fingerprint density at radius 2 is 1.93 bits per heavy atom. The molecular formula is C28H36N8O4S.